The Morgan fingerprint density at radius 2 is 2.29 bits per heavy atom. The number of aromatic nitrogens is 1. The molecule has 4 nitrogen and oxygen atoms in total. The minimum absolute atomic E-state index is 0.264. The fourth-order valence-corrected chi connectivity index (χ4v) is 3.43. The van der Waals surface area contributed by atoms with Crippen LogP contribution >= 0.6 is 0 Å². The normalized spacial score (nSPS) is 20.5. The van der Waals surface area contributed by atoms with Crippen LogP contribution in [0.25, 0.3) is 10.9 Å². The summed E-state index contributed by atoms with van der Waals surface area (Å²) in [4.78, 5) is 15.0. The molecule has 1 atom stereocenters. The van der Waals surface area contributed by atoms with Crippen molar-refractivity contribution in [1.29, 1.82) is 0 Å². The molecule has 0 bridgehead atoms. The zero-order chi connectivity index (χ0) is 17.3. The number of aromatic amines is 1. The van der Waals surface area contributed by atoms with Crippen molar-refractivity contribution < 1.29 is 18.7 Å². The Balaban J connectivity index is 2.19. The van der Waals surface area contributed by atoms with Gasteiger partial charge in [-0.1, -0.05) is 18.2 Å². The highest BCUT2D eigenvalue weighted by molar-refractivity contribution is 5.88. The molecule has 2 heterocycles. The molecule has 3 rings (SSSR count). The molecule has 1 aliphatic rings. The quantitative estimate of drug-likeness (QED) is 0.673. The summed E-state index contributed by atoms with van der Waals surface area (Å²) in [6.45, 7) is 5.62. The van der Waals surface area contributed by atoms with Gasteiger partial charge in [-0.25, -0.2) is 4.39 Å². The van der Waals surface area contributed by atoms with Gasteiger partial charge in [0.05, 0.1) is 17.8 Å². The maximum absolute atomic E-state index is 14.4. The predicted octanol–water partition coefficient (Wildman–Crippen LogP) is 4.26. The Bertz CT molecular complexity index is 809. The van der Waals surface area contributed by atoms with Gasteiger partial charge in [0.2, 0.25) is 0 Å². The first-order chi connectivity index (χ1) is 11.5. The number of aryl methyl sites for hydroxylation is 1. The van der Waals surface area contributed by atoms with Crippen molar-refractivity contribution in [3.05, 3.63) is 46.9 Å². The van der Waals surface area contributed by atoms with Crippen molar-refractivity contribution in [2.24, 2.45) is 0 Å². The van der Waals surface area contributed by atoms with Crippen LogP contribution in [0.5, 0.6) is 0 Å². The van der Waals surface area contributed by atoms with Gasteiger partial charge in [0.25, 0.3) is 5.79 Å². The van der Waals surface area contributed by atoms with Crippen LogP contribution in [0.2, 0.25) is 0 Å². The van der Waals surface area contributed by atoms with Crippen LogP contribution in [0.3, 0.4) is 0 Å². The number of rotatable bonds is 4. The second kappa shape index (κ2) is 6.40. The minimum Gasteiger partial charge on any atom is -0.427 e. The van der Waals surface area contributed by atoms with Gasteiger partial charge in [-0.05, 0) is 43.9 Å². The highest BCUT2D eigenvalue weighted by Crippen LogP contribution is 2.42. The highest BCUT2D eigenvalue weighted by atomic mass is 19.1. The van der Waals surface area contributed by atoms with Crippen LogP contribution in [0.1, 0.15) is 43.5 Å². The van der Waals surface area contributed by atoms with E-state index in [0.29, 0.717) is 36.9 Å². The molecule has 24 heavy (non-hydrogen) atoms. The number of hydrogen-bond donors (Lipinski definition) is 1. The number of ether oxygens (including phenoxy) is 2. The number of carbonyl (C=O) groups is 1. The number of esters is 1. The summed E-state index contributed by atoms with van der Waals surface area (Å²) < 4.78 is 26.0. The third-order valence-electron chi connectivity index (χ3n) is 4.47. The predicted molar refractivity (Wildman–Crippen MR) is 90.1 cm³/mol. The third kappa shape index (κ3) is 2.73. The number of carbonyl (C=O) groups excluding carboxylic acids is 1. The number of nitrogens with one attached hydrogen (secondary N) is 1. The molecule has 0 spiro atoms. The SMILES string of the molecule is CC=CCCC1(OC(C)=O)OCCc2c1[nH]c1c(C)ccc(F)c21. The number of fused-ring (bicyclic) bond motifs is 3. The van der Waals surface area contributed by atoms with Crippen LogP contribution in [-0.2, 0) is 26.5 Å². The molecule has 128 valence electrons. The fourth-order valence-electron chi connectivity index (χ4n) is 3.43. The lowest BCUT2D eigenvalue weighted by Gasteiger charge is -2.36. The molecule has 1 unspecified atom stereocenters. The molecule has 2 aromatic rings. The lowest BCUT2D eigenvalue weighted by molar-refractivity contribution is -0.247. The molecule has 5 heteroatoms. The van der Waals surface area contributed by atoms with Gasteiger partial charge in [0.15, 0.2) is 0 Å². The van der Waals surface area contributed by atoms with E-state index in [9.17, 15) is 9.18 Å². The Morgan fingerprint density at radius 3 is 3.00 bits per heavy atom. The Morgan fingerprint density at radius 1 is 1.50 bits per heavy atom. The van der Waals surface area contributed by atoms with Gasteiger partial charge in [0.1, 0.15) is 5.82 Å². The first kappa shape index (κ1) is 16.7. The Kier molecular flexibility index (Phi) is 4.45. The molecule has 0 saturated carbocycles. The van der Waals surface area contributed by atoms with Crippen molar-refractivity contribution in [2.45, 2.75) is 45.8 Å². The number of H-pyrrole nitrogens is 1. The van der Waals surface area contributed by atoms with Gasteiger partial charge < -0.3 is 14.5 Å². The van der Waals surface area contributed by atoms with E-state index in [0.717, 1.165) is 16.6 Å². The number of benzene rings is 1. The average Bonchev–Trinajstić information content (AvgIpc) is 2.93. The van der Waals surface area contributed by atoms with Crippen molar-refractivity contribution in [3.63, 3.8) is 0 Å². The summed E-state index contributed by atoms with van der Waals surface area (Å²) in [5, 5.41) is 0.580. The molecule has 0 saturated heterocycles. The maximum Gasteiger partial charge on any atom is 0.305 e. The second-order valence-electron chi connectivity index (χ2n) is 6.15. The van der Waals surface area contributed by atoms with E-state index < -0.39 is 11.8 Å². The number of allylic oxidation sites excluding steroid dienone is 2. The maximum atomic E-state index is 14.4. The lowest BCUT2D eigenvalue weighted by atomic mass is 9.96. The molecule has 0 fully saturated rings. The molecular formula is C19H22FNO3. The van der Waals surface area contributed by atoms with Crippen LogP contribution in [0, 0.1) is 12.7 Å². The standard InChI is InChI=1S/C19H22FNO3/c1-4-5-6-10-19(24-13(3)22)18-14(9-11-23-19)16-15(20)8-7-12(2)17(16)21-18/h4-5,7-8,21H,6,9-11H2,1-3H3. The minimum atomic E-state index is -1.18. The molecule has 1 aromatic carbocycles. The highest BCUT2D eigenvalue weighted by Gasteiger charge is 2.43. The van der Waals surface area contributed by atoms with Crippen molar-refractivity contribution in [1.82, 2.24) is 4.98 Å². The van der Waals surface area contributed by atoms with Crippen molar-refractivity contribution in [2.75, 3.05) is 6.61 Å². The summed E-state index contributed by atoms with van der Waals surface area (Å²) in [7, 11) is 0. The van der Waals surface area contributed by atoms with Gasteiger partial charge in [-0.3, -0.25) is 4.79 Å². The van der Waals surface area contributed by atoms with Gasteiger partial charge in [0, 0.05) is 18.7 Å². The topological polar surface area (TPSA) is 51.3 Å². The van der Waals surface area contributed by atoms with E-state index in [2.05, 4.69) is 4.98 Å². The Labute approximate surface area is 140 Å². The van der Waals surface area contributed by atoms with E-state index in [1.165, 1.54) is 13.0 Å². The van der Waals surface area contributed by atoms with Crippen molar-refractivity contribution in [3.8, 4) is 0 Å². The molecule has 1 aromatic heterocycles. The summed E-state index contributed by atoms with van der Waals surface area (Å²) in [6, 6.07) is 3.22. The summed E-state index contributed by atoms with van der Waals surface area (Å²) in [6.07, 6.45) is 5.71. The Hall–Kier alpha value is -2.14. The summed E-state index contributed by atoms with van der Waals surface area (Å²) in [5.41, 5.74) is 3.20. The van der Waals surface area contributed by atoms with Crippen LogP contribution in [0.15, 0.2) is 24.3 Å². The van der Waals surface area contributed by atoms with E-state index in [1.54, 1.807) is 6.07 Å². The average molecular weight is 331 g/mol. The van der Waals surface area contributed by atoms with E-state index in [1.807, 2.05) is 26.0 Å². The first-order valence-corrected chi connectivity index (χ1v) is 8.23. The largest absolute Gasteiger partial charge is 0.427 e. The molecule has 1 aliphatic heterocycles. The van der Waals surface area contributed by atoms with Crippen molar-refractivity contribution >= 4 is 16.9 Å². The van der Waals surface area contributed by atoms with Gasteiger partial charge in [-0.2, -0.15) is 0 Å². The van der Waals surface area contributed by atoms with Crippen LogP contribution in [0.4, 0.5) is 4.39 Å². The number of halogens is 1. The van der Waals surface area contributed by atoms with Crippen LogP contribution in [-0.4, -0.2) is 17.6 Å². The summed E-state index contributed by atoms with van der Waals surface area (Å²) in [5.74, 6) is -1.86. The zero-order valence-electron chi connectivity index (χ0n) is 14.2. The van der Waals surface area contributed by atoms with E-state index >= 15 is 0 Å². The fraction of sp³-hybridized carbons (Fsp3) is 0.421. The second-order valence-corrected chi connectivity index (χ2v) is 6.15. The zero-order valence-corrected chi connectivity index (χ0v) is 14.2. The first-order valence-electron chi connectivity index (χ1n) is 8.23. The molecular weight excluding hydrogens is 309 g/mol. The molecule has 0 aliphatic carbocycles. The summed E-state index contributed by atoms with van der Waals surface area (Å²) >= 11 is 0. The smallest absolute Gasteiger partial charge is 0.305 e. The molecule has 0 amide bonds. The van der Waals surface area contributed by atoms with Gasteiger partial charge >= 0.3 is 5.97 Å². The molecule has 0 radical (unpaired) electrons. The third-order valence-corrected chi connectivity index (χ3v) is 4.47. The monoisotopic (exact) mass is 331 g/mol. The lowest BCUT2D eigenvalue weighted by Crippen LogP contribution is -2.39. The number of hydrogen-bond acceptors (Lipinski definition) is 3. The van der Waals surface area contributed by atoms with E-state index in [4.69, 9.17) is 9.47 Å². The van der Waals surface area contributed by atoms with Gasteiger partial charge in [-0.15, -0.1) is 0 Å². The molecule has 1 N–H and O–H groups in total. The van der Waals surface area contributed by atoms with E-state index in [-0.39, 0.29) is 5.82 Å². The van der Waals surface area contributed by atoms with Crippen LogP contribution < -0.4 is 0 Å².